The Hall–Kier alpha value is -1.06. The monoisotopic (exact) mass is 301 g/mol. The second kappa shape index (κ2) is 5.86. The van der Waals surface area contributed by atoms with Crippen molar-refractivity contribution in [3.8, 4) is 5.75 Å². The Kier molecular flexibility index (Phi) is 3.87. The predicted molar refractivity (Wildman–Crippen MR) is 87.0 cm³/mol. The number of rotatable bonds is 3. The summed E-state index contributed by atoms with van der Waals surface area (Å²) in [7, 11) is 0. The summed E-state index contributed by atoms with van der Waals surface area (Å²) in [6.45, 7) is 0.357. The van der Waals surface area contributed by atoms with Gasteiger partial charge in [-0.05, 0) is 56.9 Å². The highest BCUT2D eigenvalue weighted by Crippen LogP contribution is 2.49. The van der Waals surface area contributed by atoms with Crippen LogP contribution < -0.4 is 10.1 Å². The van der Waals surface area contributed by atoms with Gasteiger partial charge in [-0.25, -0.2) is 0 Å². The van der Waals surface area contributed by atoms with Gasteiger partial charge in [0.25, 0.3) is 0 Å². The Morgan fingerprint density at radius 3 is 2.59 bits per heavy atom. The molecule has 3 heteroatoms. The maximum Gasteiger partial charge on any atom is 0.124 e. The molecule has 3 nitrogen and oxygen atoms in total. The van der Waals surface area contributed by atoms with Crippen LogP contribution in [0.25, 0.3) is 0 Å². The normalized spacial score (nSPS) is 32.9. The maximum atomic E-state index is 9.30. The SMILES string of the molecule is OCC1CCC(N[C@H]2CC3(CCC3)Oc3ccccc32)CC1. The van der Waals surface area contributed by atoms with E-state index < -0.39 is 0 Å². The second-order valence-corrected chi connectivity index (χ2v) is 7.50. The fraction of sp³-hybridized carbons (Fsp3) is 0.684. The first-order valence-corrected chi connectivity index (χ1v) is 8.93. The van der Waals surface area contributed by atoms with Gasteiger partial charge < -0.3 is 15.2 Å². The molecule has 1 aliphatic heterocycles. The molecule has 2 fully saturated rings. The molecule has 2 saturated carbocycles. The van der Waals surface area contributed by atoms with Crippen LogP contribution in [0.2, 0.25) is 0 Å². The van der Waals surface area contributed by atoms with E-state index in [2.05, 4.69) is 29.6 Å². The summed E-state index contributed by atoms with van der Waals surface area (Å²) >= 11 is 0. The van der Waals surface area contributed by atoms with Crippen molar-refractivity contribution < 1.29 is 9.84 Å². The van der Waals surface area contributed by atoms with Crippen LogP contribution in [0.1, 0.15) is 63.0 Å². The number of nitrogens with one attached hydrogen (secondary N) is 1. The van der Waals surface area contributed by atoms with Gasteiger partial charge >= 0.3 is 0 Å². The van der Waals surface area contributed by atoms with E-state index in [9.17, 15) is 5.11 Å². The van der Waals surface area contributed by atoms with Crippen LogP contribution in [-0.4, -0.2) is 23.4 Å². The van der Waals surface area contributed by atoms with Crippen LogP contribution in [0, 0.1) is 5.92 Å². The fourth-order valence-corrected chi connectivity index (χ4v) is 4.44. The summed E-state index contributed by atoms with van der Waals surface area (Å²) in [6.07, 6.45) is 9.53. The Morgan fingerprint density at radius 2 is 1.91 bits per heavy atom. The van der Waals surface area contributed by atoms with E-state index in [1.807, 2.05) is 0 Å². The molecule has 2 aliphatic carbocycles. The lowest BCUT2D eigenvalue weighted by Gasteiger charge is -2.49. The minimum absolute atomic E-state index is 0.105. The van der Waals surface area contributed by atoms with Gasteiger partial charge in [-0.2, -0.15) is 0 Å². The highest BCUT2D eigenvalue weighted by Gasteiger charge is 2.45. The highest BCUT2D eigenvalue weighted by atomic mass is 16.5. The van der Waals surface area contributed by atoms with Crippen molar-refractivity contribution in [2.45, 2.75) is 69.1 Å². The van der Waals surface area contributed by atoms with Crippen molar-refractivity contribution in [2.24, 2.45) is 5.92 Å². The van der Waals surface area contributed by atoms with E-state index in [0.717, 1.165) is 25.0 Å². The largest absolute Gasteiger partial charge is 0.487 e. The molecule has 3 aliphatic rings. The van der Waals surface area contributed by atoms with Gasteiger partial charge in [0.2, 0.25) is 0 Å². The van der Waals surface area contributed by atoms with Gasteiger partial charge in [-0.15, -0.1) is 0 Å². The second-order valence-electron chi connectivity index (χ2n) is 7.50. The van der Waals surface area contributed by atoms with Gasteiger partial charge in [0.05, 0.1) is 0 Å². The van der Waals surface area contributed by atoms with Gasteiger partial charge in [-0.1, -0.05) is 18.2 Å². The minimum atomic E-state index is 0.105. The van der Waals surface area contributed by atoms with E-state index in [-0.39, 0.29) is 5.60 Å². The smallest absolute Gasteiger partial charge is 0.124 e. The fourth-order valence-electron chi connectivity index (χ4n) is 4.44. The molecule has 0 unspecified atom stereocenters. The van der Waals surface area contributed by atoms with Crippen molar-refractivity contribution >= 4 is 0 Å². The van der Waals surface area contributed by atoms with Gasteiger partial charge in [0.15, 0.2) is 0 Å². The van der Waals surface area contributed by atoms with E-state index in [1.54, 1.807) is 0 Å². The molecule has 0 amide bonds. The standard InChI is InChI=1S/C19H27NO2/c21-13-14-6-8-15(9-7-14)20-17-12-19(10-3-11-19)22-18-5-2-1-4-16(17)18/h1-2,4-5,14-15,17,20-21H,3,6-13H2/t14?,15?,17-/m0/s1. The highest BCUT2D eigenvalue weighted by molar-refractivity contribution is 5.39. The topological polar surface area (TPSA) is 41.5 Å². The van der Waals surface area contributed by atoms with Gasteiger partial charge in [-0.3, -0.25) is 0 Å². The summed E-state index contributed by atoms with van der Waals surface area (Å²) in [6, 6.07) is 9.58. The van der Waals surface area contributed by atoms with E-state index in [1.165, 1.54) is 37.7 Å². The number of fused-ring (bicyclic) bond motifs is 1. The third kappa shape index (κ3) is 2.65. The number of hydrogen-bond donors (Lipinski definition) is 2. The molecule has 1 aromatic rings. The molecular formula is C19H27NO2. The van der Waals surface area contributed by atoms with Crippen molar-refractivity contribution in [3.05, 3.63) is 29.8 Å². The third-order valence-electron chi connectivity index (χ3n) is 6.00. The molecule has 1 spiro atoms. The number of benzene rings is 1. The predicted octanol–water partition coefficient (Wildman–Crippen LogP) is 3.57. The number of ether oxygens (including phenoxy) is 1. The van der Waals surface area contributed by atoms with Crippen LogP contribution in [0.15, 0.2) is 24.3 Å². The zero-order valence-electron chi connectivity index (χ0n) is 13.3. The quantitative estimate of drug-likeness (QED) is 0.896. The lowest BCUT2D eigenvalue weighted by molar-refractivity contribution is -0.0387. The Bertz CT molecular complexity index is 518. The van der Waals surface area contributed by atoms with Crippen LogP contribution in [-0.2, 0) is 0 Å². The van der Waals surface area contributed by atoms with Crippen LogP contribution >= 0.6 is 0 Å². The van der Waals surface area contributed by atoms with Crippen molar-refractivity contribution in [1.29, 1.82) is 0 Å². The van der Waals surface area contributed by atoms with E-state index in [0.29, 0.717) is 24.6 Å². The van der Waals surface area contributed by atoms with E-state index >= 15 is 0 Å². The number of aliphatic hydroxyl groups excluding tert-OH is 1. The summed E-state index contributed by atoms with van der Waals surface area (Å²) < 4.78 is 6.34. The summed E-state index contributed by atoms with van der Waals surface area (Å²) in [5, 5.41) is 13.2. The molecule has 0 bridgehead atoms. The van der Waals surface area contributed by atoms with Crippen molar-refractivity contribution in [2.75, 3.05) is 6.61 Å². The summed E-state index contributed by atoms with van der Waals surface area (Å²) in [5.74, 6) is 1.62. The number of aliphatic hydroxyl groups is 1. The Labute approximate surface area is 133 Å². The molecular weight excluding hydrogens is 274 g/mol. The lowest BCUT2D eigenvalue weighted by Crippen LogP contribution is -2.50. The molecule has 1 heterocycles. The molecule has 2 N–H and O–H groups in total. The average molecular weight is 301 g/mol. The molecule has 120 valence electrons. The summed E-state index contributed by atoms with van der Waals surface area (Å²) in [5.41, 5.74) is 1.44. The first kappa shape index (κ1) is 14.5. The van der Waals surface area contributed by atoms with Crippen LogP contribution in [0.3, 0.4) is 0 Å². The average Bonchev–Trinajstić information content (AvgIpc) is 2.54. The molecule has 0 aromatic heterocycles. The third-order valence-corrected chi connectivity index (χ3v) is 6.00. The number of para-hydroxylation sites is 1. The van der Waals surface area contributed by atoms with E-state index in [4.69, 9.17) is 4.74 Å². The first-order chi connectivity index (χ1) is 10.8. The Balaban J connectivity index is 1.48. The molecule has 0 radical (unpaired) electrons. The number of hydrogen-bond acceptors (Lipinski definition) is 3. The van der Waals surface area contributed by atoms with Gasteiger partial charge in [0.1, 0.15) is 11.4 Å². The maximum absolute atomic E-state index is 9.30. The molecule has 1 aromatic carbocycles. The Morgan fingerprint density at radius 1 is 1.14 bits per heavy atom. The zero-order valence-corrected chi connectivity index (χ0v) is 13.3. The van der Waals surface area contributed by atoms with Gasteiger partial charge in [0, 0.05) is 30.7 Å². The molecule has 22 heavy (non-hydrogen) atoms. The molecule has 4 rings (SSSR count). The molecule has 0 saturated heterocycles. The van der Waals surface area contributed by atoms with Crippen molar-refractivity contribution in [3.63, 3.8) is 0 Å². The lowest BCUT2D eigenvalue weighted by atomic mass is 9.72. The molecule has 1 atom stereocenters. The first-order valence-electron chi connectivity index (χ1n) is 8.93. The van der Waals surface area contributed by atoms with Crippen LogP contribution in [0.5, 0.6) is 5.75 Å². The van der Waals surface area contributed by atoms with Crippen LogP contribution in [0.4, 0.5) is 0 Å². The summed E-state index contributed by atoms with van der Waals surface area (Å²) in [4.78, 5) is 0. The zero-order chi connectivity index (χ0) is 15.0. The minimum Gasteiger partial charge on any atom is -0.487 e. The van der Waals surface area contributed by atoms with Crippen molar-refractivity contribution in [1.82, 2.24) is 5.32 Å².